The molecule has 16 heavy (non-hydrogen) atoms. The number of carbonyl (C=O) groups excluding carboxylic acids is 1. The molecule has 1 amide bonds. The smallest absolute Gasteiger partial charge is 0.273 e. The topological polar surface area (TPSA) is 41.5 Å². The van der Waals surface area contributed by atoms with Gasteiger partial charge in [-0.05, 0) is 46.6 Å². The number of allylic oxidation sites excluding steroid dienone is 1. The van der Waals surface area contributed by atoms with Gasteiger partial charge in [-0.15, -0.1) is 0 Å². The second-order valence-electron chi connectivity index (χ2n) is 3.57. The molecule has 0 atom stereocenters. The van der Waals surface area contributed by atoms with Crippen molar-refractivity contribution in [3.8, 4) is 0 Å². The molecule has 4 heteroatoms. The lowest BCUT2D eigenvalue weighted by Crippen LogP contribution is -2.13. The van der Waals surface area contributed by atoms with Gasteiger partial charge in [0.05, 0.1) is 5.69 Å². The van der Waals surface area contributed by atoms with Gasteiger partial charge in [-0.3, -0.25) is 9.79 Å². The fraction of sp³-hybridized carbons (Fsp3) is 0.167. The maximum atomic E-state index is 11.8. The Morgan fingerprint density at radius 1 is 1.50 bits per heavy atom. The van der Waals surface area contributed by atoms with E-state index in [0.29, 0.717) is 5.70 Å². The number of benzene rings is 1. The molecule has 1 N–H and O–H groups in total. The van der Waals surface area contributed by atoms with E-state index in [1.165, 1.54) is 0 Å². The van der Waals surface area contributed by atoms with Crippen molar-refractivity contribution in [3.63, 3.8) is 0 Å². The molecule has 2 rings (SSSR count). The number of nitrogens with zero attached hydrogens (tertiary/aromatic N) is 1. The molecule has 0 aliphatic carbocycles. The highest BCUT2D eigenvalue weighted by Gasteiger charge is 2.12. The highest BCUT2D eigenvalue weighted by atomic mass is 79.9. The molecule has 0 saturated carbocycles. The maximum absolute atomic E-state index is 11.8. The number of hydrogen-bond donors (Lipinski definition) is 1. The Hall–Kier alpha value is -1.42. The lowest BCUT2D eigenvalue weighted by atomic mass is 10.2. The molecule has 1 heterocycles. The fourth-order valence-electron chi connectivity index (χ4n) is 1.44. The predicted molar refractivity (Wildman–Crippen MR) is 68.7 cm³/mol. The van der Waals surface area contributed by atoms with Crippen molar-refractivity contribution in [3.05, 3.63) is 40.0 Å². The summed E-state index contributed by atoms with van der Waals surface area (Å²) >= 11 is 3.39. The van der Waals surface area contributed by atoms with Crippen LogP contribution in [0.2, 0.25) is 0 Å². The summed E-state index contributed by atoms with van der Waals surface area (Å²) in [7, 11) is 0. The molecule has 0 aromatic heterocycles. The Morgan fingerprint density at radius 2 is 2.31 bits per heavy atom. The summed E-state index contributed by atoms with van der Waals surface area (Å²) in [5, 5.41) is 2.83. The molecule has 0 spiro atoms. The molecule has 0 fully saturated rings. The van der Waals surface area contributed by atoms with Crippen LogP contribution in [0, 0.1) is 6.92 Å². The van der Waals surface area contributed by atoms with Gasteiger partial charge in [0, 0.05) is 17.1 Å². The van der Waals surface area contributed by atoms with Crippen molar-refractivity contribution in [1.29, 1.82) is 0 Å². The molecular weight excluding hydrogens is 268 g/mol. The Labute approximate surface area is 102 Å². The minimum Gasteiger partial charge on any atom is -0.320 e. The SMILES string of the molecule is Cc1ccc(Br)c(NC(=O)C2=CCC=N2)c1. The van der Waals surface area contributed by atoms with E-state index in [0.717, 1.165) is 22.1 Å². The summed E-state index contributed by atoms with van der Waals surface area (Å²) in [6, 6.07) is 5.81. The van der Waals surface area contributed by atoms with Crippen LogP contribution in [-0.4, -0.2) is 12.1 Å². The third-order valence-corrected chi connectivity index (χ3v) is 2.94. The Balaban J connectivity index is 2.17. The summed E-state index contributed by atoms with van der Waals surface area (Å²) in [6.45, 7) is 1.98. The molecular formula is C12H11BrN2O. The second kappa shape index (κ2) is 4.61. The molecule has 1 aromatic carbocycles. The number of anilines is 1. The number of hydrogen-bond acceptors (Lipinski definition) is 2. The summed E-state index contributed by atoms with van der Waals surface area (Å²) < 4.78 is 0.869. The zero-order valence-electron chi connectivity index (χ0n) is 8.83. The van der Waals surface area contributed by atoms with Crippen LogP contribution < -0.4 is 5.32 Å². The van der Waals surface area contributed by atoms with Gasteiger partial charge in [0.15, 0.2) is 0 Å². The van der Waals surface area contributed by atoms with Crippen LogP contribution in [0.3, 0.4) is 0 Å². The number of carbonyl (C=O) groups is 1. The lowest BCUT2D eigenvalue weighted by molar-refractivity contribution is -0.112. The average Bonchev–Trinajstić information content (AvgIpc) is 2.76. The van der Waals surface area contributed by atoms with Crippen molar-refractivity contribution in [2.45, 2.75) is 13.3 Å². The molecule has 3 nitrogen and oxygen atoms in total. The van der Waals surface area contributed by atoms with Crippen LogP contribution in [-0.2, 0) is 4.79 Å². The number of nitrogens with one attached hydrogen (secondary N) is 1. The van der Waals surface area contributed by atoms with Gasteiger partial charge in [-0.1, -0.05) is 6.07 Å². The molecule has 0 bridgehead atoms. The number of aliphatic imine (C=N–C) groups is 1. The van der Waals surface area contributed by atoms with Gasteiger partial charge < -0.3 is 5.32 Å². The van der Waals surface area contributed by atoms with Crippen molar-refractivity contribution >= 4 is 33.7 Å². The normalized spacial score (nSPS) is 13.8. The summed E-state index contributed by atoms with van der Waals surface area (Å²) in [4.78, 5) is 15.8. The van der Waals surface area contributed by atoms with Gasteiger partial charge in [0.2, 0.25) is 0 Å². The van der Waals surface area contributed by atoms with Gasteiger partial charge in [-0.25, -0.2) is 0 Å². The molecule has 0 radical (unpaired) electrons. The molecule has 0 saturated heterocycles. The zero-order valence-corrected chi connectivity index (χ0v) is 10.4. The quantitative estimate of drug-likeness (QED) is 0.888. The van der Waals surface area contributed by atoms with E-state index in [2.05, 4.69) is 26.2 Å². The molecule has 0 unspecified atom stereocenters. The first-order chi connectivity index (χ1) is 7.66. The van der Waals surface area contributed by atoms with Crippen LogP contribution >= 0.6 is 15.9 Å². The van der Waals surface area contributed by atoms with Crippen molar-refractivity contribution in [2.24, 2.45) is 4.99 Å². The van der Waals surface area contributed by atoms with E-state index in [1.807, 2.05) is 25.1 Å². The maximum Gasteiger partial charge on any atom is 0.273 e. The number of halogens is 1. The fourth-order valence-corrected chi connectivity index (χ4v) is 1.79. The predicted octanol–water partition coefficient (Wildman–Crippen LogP) is 3.05. The first kappa shape index (κ1) is 11.1. The van der Waals surface area contributed by atoms with Crippen LogP contribution in [0.5, 0.6) is 0 Å². The van der Waals surface area contributed by atoms with E-state index in [4.69, 9.17) is 0 Å². The third kappa shape index (κ3) is 2.39. The largest absolute Gasteiger partial charge is 0.320 e. The van der Waals surface area contributed by atoms with Gasteiger partial charge in [-0.2, -0.15) is 0 Å². The number of aryl methyl sites for hydroxylation is 1. The molecule has 1 aliphatic rings. The lowest BCUT2D eigenvalue weighted by Gasteiger charge is -2.07. The van der Waals surface area contributed by atoms with Crippen molar-refractivity contribution in [1.82, 2.24) is 0 Å². The van der Waals surface area contributed by atoms with E-state index in [9.17, 15) is 4.79 Å². The first-order valence-electron chi connectivity index (χ1n) is 4.97. The molecule has 82 valence electrons. The standard InChI is InChI=1S/C12H11BrN2O/c1-8-4-5-9(13)11(7-8)15-12(16)10-3-2-6-14-10/h3-7H,2H2,1H3,(H,15,16). The summed E-state index contributed by atoms with van der Waals surface area (Å²) in [5.41, 5.74) is 2.35. The number of rotatable bonds is 2. The van der Waals surface area contributed by atoms with E-state index in [1.54, 1.807) is 12.3 Å². The highest BCUT2D eigenvalue weighted by molar-refractivity contribution is 9.10. The minimum absolute atomic E-state index is 0.167. The van der Waals surface area contributed by atoms with E-state index < -0.39 is 0 Å². The van der Waals surface area contributed by atoms with Crippen molar-refractivity contribution in [2.75, 3.05) is 5.32 Å². The number of amides is 1. The second-order valence-corrected chi connectivity index (χ2v) is 4.43. The first-order valence-corrected chi connectivity index (χ1v) is 5.76. The Kier molecular flexibility index (Phi) is 3.19. The monoisotopic (exact) mass is 278 g/mol. The van der Waals surface area contributed by atoms with Crippen LogP contribution in [0.1, 0.15) is 12.0 Å². The third-order valence-electron chi connectivity index (χ3n) is 2.25. The Morgan fingerprint density at radius 3 is 3.00 bits per heavy atom. The minimum atomic E-state index is -0.167. The molecule has 1 aromatic rings. The summed E-state index contributed by atoms with van der Waals surface area (Å²) in [5.74, 6) is -0.167. The van der Waals surface area contributed by atoms with Crippen LogP contribution in [0.25, 0.3) is 0 Å². The van der Waals surface area contributed by atoms with Crippen molar-refractivity contribution < 1.29 is 4.79 Å². The van der Waals surface area contributed by atoms with Gasteiger partial charge >= 0.3 is 0 Å². The molecule has 1 aliphatic heterocycles. The average molecular weight is 279 g/mol. The Bertz CT molecular complexity index is 492. The van der Waals surface area contributed by atoms with Crippen LogP contribution in [0.15, 0.2) is 39.4 Å². The van der Waals surface area contributed by atoms with Gasteiger partial charge in [0.1, 0.15) is 5.70 Å². The zero-order chi connectivity index (χ0) is 11.5. The highest BCUT2D eigenvalue weighted by Crippen LogP contribution is 2.24. The summed E-state index contributed by atoms with van der Waals surface area (Å²) in [6.07, 6.45) is 4.26. The van der Waals surface area contributed by atoms with Gasteiger partial charge in [0.25, 0.3) is 5.91 Å². The van der Waals surface area contributed by atoms with Crippen LogP contribution in [0.4, 0.5) is 5.69 Å². The van der Waals surface area contributed by atoms with E-state index in [-0.39, 0.29) is 5.91 Å². The van der Waals surface area contributed by atoms with E-state index >= 15 is 0 Å².